The van der Waals surface area contributed by atoms with Gasteiger partial charge >= 0.3 is 0 Å². The zero-order valence-electron chi connectivity index (χ0n) is 5.55. The number of rotatable bonds is 3. The van der Waals surface area contributed by atoms with Crippen LogP contribution in [0.4, 0.5) is 0 Å². The molecule has 1 atom stereocenters. The normalized spacial score (nSPS) is 14.9. The summed E-state index contributed by atoms with van der Waals surface area (Å²) in [6, 6.07) is 0. The van der Waals surface area contributed by atoms with Gasteiger partial charge in [-0.1, -0.05) is 12.2 Å². The van der Waals surface area contributed by atoms with E-state index in [-0.39, 0.29) is 0 Å². The van der Waals surface area contributed by atoms with E-state index in [9.17, 15) is 5.11 Å². The molecule has 0 saturated heterocycles. The maximum absolute atomic E-state index is 10.4. The van der Waals surface area contributed by atoms with E-state index in [1.54, 1.807) is 6.92 Å². The monoisotopic (exact) mass is 113 g/mol. The van der Waals surface area contributed by atoms with Crippen LogP contribution in [0.2, 0.25) is 0 Å². The first-order valence-corrected chi connectivity index (χ1v) is 3.04. The van der Waals surface area contributed by atoms with Crippen LogP contribution < -0.4 is 0 Å². The minimum Gasteiger partial charge on any atom is -0.233 e. The lowest BCUT2D eigenvalue weighted by atomic mass is 10.2. The first-order valence-electron chi connectivity index (χ1n) is 3.04. The van der Waals surface area contributed by atoms with Gasteiger partial charge in [-0.05, 0) is 26.7 Å². The molecule has 0 spiro atoms. The molecular formula is C7H13O. The Balaban J connectivity index is 2.93. The van der Waals surface area contributed by atoms with E-state index >= 15 is 0 Å². The van der Waals surface area contributed by atoms with Crippen LogP contribution in [0.15, 0.2) is 12.2 Å². The van der Waals surface area contributed by atoms with Gasteiger partial charge in [-0.2, -0.15) is 0 Å². The largest absolute Gasteiger partial charge is 0.233 e. The highest BCUT2D eigenvalue weighted by Crippen LogP contribution is 1.96. The zero-order chi connectivity index (χ0) is 6.41. The van der Waals surface area contributed by atoms with Crippen LogP contribution in [0, 0.1) is 0 Å². The summed E-state index contributed by atoms with van der Waals surface area (Å²) in [5, 5.41) is 10.4. The van der Waals surface area contributed by atoms with Crippen LogP contribution in [0.3, 0.4) is 0 Å². The van der Waals surface area contributed by atoms with E-state index in [0.717, 1.165) is 12.8 Å². The average molecular weight is 113 g/mol. The molecule has 0 aromatic rings. The molecule has 0 rings (SSSR count). The molecule has 8 heavy (non-hydrogen) atoms. The third kappa shape index (κ3) is 5.70. The van der Waals surface area contributed by atoms with Gasteiger partial charge in [-0.15, -0.1) is 0 Å². The van der Waals surface area contributed by atoms with E-state index in [1.807, 2.05) is 19.1 Å². The van der Waals surface area contributed by atoms with Gasteiger partial charge in [0, 0.05) is 0 Å². The van der Waals surface area contributed by atoms with E-state index in [4.69, 9.17) is 0 Å². The maximum Gasteiger partial charge on any atom is 0.0905 e. The lowest BCUT2D eigenvalue weighted by Gasteiger charge is -1.93. The molecule has 0 aliphatic rings. The lowest BCUT2D eigenvalue weighted by molar-refractivity contribution is 0.0986. The van der Waals surface area contributed by atoms with Gasteiger partial charge in [0.1, 0.15) is 0 Å². The van der Waals surface area contributed by atoms with E-state index < -0.39 is 6.10 Å². The Hall–Kier alpha value is -0.300. The summed E-state index contributed by atoms with van der Waals surface area (Å²) in [4.78, 5) is 0. The van der Waals surface area contributed by atoms with Crippen molar-refractivity contribution >= 4 is 0 Å². The second kappa shape index (κ2) is 4.85. The predicted molar refractivity (Wildman–Crippen MR) is 34.2 cm³/mol. The molecule has 1 nitrogen and oxygen atoms in total. The van der Waals surface area contributed by atoms with Crippen LogP contribution in [0.25, 0.3) is 0 Å². The Morgan fingerprint density at radius 3 is 2.62 bits per heavy atom. The highest BCUT2D eigenvalue weighted by atomic mass is 16.3. The first kappa shape index (κ1) is 7.70. The molecule has 0 fully saturated rings. The van der Waals surface area contributed by atoms with E-state index in [1.165, 1.54) is 0 Å². The predicted octanol–water partition coefficient (Wildman–Crippen LogP) is 2.16. The molecule has 0 aliphatic heterocycles. The smallest absolute Gasteiger partial charge is 0.0905 e. The van der Waals surface area contributed by atoms with Gasteiger partial charge in [-0.3, -0.25) is 0 Å². The van der Waals surface area contributed by atoms with Gasteiger partial charge in [-0.25, -0.2) is 5.11 Å². The van der Waals surface area contributed by atoms with Crippen molar-refractivity contribution in [3.63, 3.8) is 0 Å². The van der Waals surface area contributed by atoms with Crippen molar-refractivity contribution in [1.82, 2.24) is 0 Å². The van der Waals surface area contributed by atoms with E-state index in [2.05, 4.69) is 0 Å². The number of hydrogen-bond donors (Lipinski definition) is 0. The minimum atomic E-state index is -0.397. The quantitative estimate of drug-likeness (QED) is 0.500. The molecule has 0 heterocycles. The molecule has 0 saturated carbocycles. The summed E-state index contributed by atoms with van der Waals surface area (Å²) < 4.78 is 0. The summed E-state index contributed by atoms with van der Waals surface area (Å²) in [6.07, 6.45) is 5.30. The molecule has 47 valence electrons. The minimum absolute atomic E-state index is 0.397. The van der Waals surface area contributed by atoms with Crippen LogP contribution in [-0.4, -0.2) is 6.10 Å². The van der Waals surface area contributed by atoms with Crippen molar-refractivity contribution in [2.24, 2.45) is 0 Å². The molecule has 1 unspecified atom stereocenters. The number of hydrogen-bond acceptors (Lipinski definition) is 0. The van der Waals surface area contributed by atoms with Crippen molar-refractivity contribution < 1.29 is 5.11 Å². The summed E-state index contributed by atoms with van der Waals surface area (Å²) in [7, 11) is 0. The van der Waals surface area contributed by atoms with Gasteiger partial charge in [0.15, 0.2) is 0 Å². The molecule has 0 bridgehead atoms. The molecule has 0 aliphatic carbocycles. The van der Waals surface area contributed by atoms with Crippen LogP contribution in [0.5, 0.6) is 0 Å². The van der Waals surface area contributed by atoms with Crippen molar-refractivity contribution in [3.05, 3.63) is 12.2 Å². The van der Waals surface area contributed by atoms with Crippen LogP contribution in [-0.2, 0) is 5.11 Å². The lowest BCUT2D eigenvalue weighted by Crippen LogP contribution is -1.94. The van der Waals surface area contributed by atoms with Crippen LogP contribution >= 0.6 is 0 Å². The fraction of sp³-hybridized carbons (Fsp3) is 0.714. The molecule has 1 radical (unpaired) electrons. The zero-order valence-corrected chi connectivity index (χ0v) is 5.55. The Morgan fingerprint density at radius 1 is 1.62 bits per heavy atom. The Labute approximate surface area is 51.0 Å². The van der Waals surface area contributed by atoms with Crippen molar-refractivity contribution in [2.75, 3.05) is 0 Å². The van der Waals surface area contributed by atoms with Gasteiger partial charge in [0.05, 0.1) is 6.10 Å². The average Bonchev–Trinajstić information content (AvgIpc) is 1.66. The standard InChI is InChI=1S/C7H13O/c1-3-4-5-6-7(2)8/h3-4,7H,5-6H2,1-2H3. The summed E-state index contributed by atoms with van der Waals surface area (Å²) in [5.74, 6) is 0. The van der Waals surface area contributed by atoms with Crippen molar-refractivity contribution in [1.29, 1.82) is 0 Å². The van der Waals surface area contributed by atoms with Crippen molar-refractivity contribution in [2.45, 2.75) is 32.8 Å². The van der Waals surface area contributed by atoms with Gasteiger partial charge < -0.3 is 0 Å². The molecule has 0 amide bonds. The van der Waals surface area contributed by atoms with Crippen LogP contribution in [0.1, 0.15) is 26.7 Å². The fourth-order valence-electron chi connectivity index (χ4n) is 0.498. The highest BCUT2D eigenvalue weighted by molar-refractivity contribution is 4.76. The second-order valence-corrected chi connectivity index (χ2v) is 1.96. The molecule has 0 N–H and O–H groups in total. The fourth-order valence-corrected chi connectivity index (χ4v) is 0.498. The highest BCUT2D eigenvalue weighted by Gasteiger charge is 1.91. The molecule has 0 aromatic heterocycles. The second-order valence-electron chi connectivity index (χ2n) is 1.96. The third-order valence-electron chi connectivity index (χ3n) is 0.976. The van der Waals surface area contributed by atoms with E-state index in [0.29, 0.717) is 0 Å². The van der Waals surface area contributed by atoms with Crippen molar-refractivity contribution in [3.8, 4) is 0 Å². The Bertz CT molecular complexity index is 64.8. The summed E-state index contributed by atoms with van der Waals surface area (Å²) in [5.41, 5.74) is 0. The molecular weight excluding hydrogens is 100 g/mol. The Morgan fingerprint density at radius 2 is 2.25 bits per heavy atom. The maximum atomic E-state index is 10.4. The Kier molecular flexibility index (Phi) is 4.67. The first-order chi connectivity index (χ1) is 3.77. The summed E-state index contributed by atoms with van der Waals surface area (Å²) >= 11 is 0. The molecule has 0 aromatic carbocycles. The summed E-state index contributed by atoms with van der Waals surface area (Å²) in [6.45, 7) is 3.67. The topological polar surface area (TPSA) is 19.9 Å². The van der Waals surface area contributed by atoms with Gasteiger partial charge in [0.2, 0.25) is 0 Å². The third-order valence-corrected chi connectivity index (χ3v) is 0.976. The number of allylic oxidation sites excluding steroid dienone is 2. The van der Waals surface area contributed by atoms with Gasteiger partial charge in [0.25, 0.3) is 0 Å². The molecule has 1 heteroatoms. The SMILES string of the molecule is CC=CCCC(C)[O].